The summed E-state index contributed by atoms with van der Waals surface area (Å²) in [6, 6.07) is 6.45. The molecule has 0 aromatic heterocycles. The van der Waals surface area contributed by atoms with Crippen LogP contribution in [-0.2, 0) is 14.3 Å². The molecule has 0 fully saturated rings. The smallest absolute Gasteiger partial charge is 0.340 e. The summed E-state index contributed by atoms with van der Waals surface area (Å²) in [4.78, 5) is 26.0. The van der Waals surface area contributed by atoms with Crippen LogP contribution >= 0.6 is 0 Å². The third kappa shape index (κ3) is 2.79. The summed E-state index contributed by atoms with van der Waals surface area (Å²) in [6.45, 7) is 5.62. The lowest BCUT2D eigenvalue weighted by molar-refractivity contribution is -0.136. The fourth-order valence-electron chi connectivity index (χ4n) is 2.36. The number of allylic oxidation sites excluding steroid dienone is 1. The number of aromatic hydroxyl groups is 1. The molecule has 0 radical (unpaired) electrons. The van der Waals surface area contributed by atoms with Crippen molar-refractivity contribution in [2.45, 2.75) is 6.92 Å². The van der Waals surface area contributed by atoms with E-state index in [9.17, 15) is 14.7 Å². The maximum Gasteiger partial charge on any atom is 0.340 e. The van der Waals surface area contributed by atoms with Crippen molar-refractivity contribution in [1.82, 2.24) is 4.90 Å². The van der Waals surface area contributed by atoms with Gasteiger partial charge < -0.3 is 14.7 Å². The Hall–Kier alpha value is -2.82. The molecule has 1 aromatic rings. The second-order valence-corrected chi connectivity index (χ2v) is 4.81. The first-order chi connectivity index (χ1) is 10.5. The van der Waals surface area contributed by atoms with Gasteiger partial charge in [0.2, 0.25) is 0 Å². The molecule has 114 valence electrons. The zero-order valence-electron chi connectivity index (χ0n) is 12.5. The number of phenols is 1. The number of carbonyl (C=O) groups excluding carboxylic acids is 2. The van der Waals surface area contributed by atoms with Crippen molar-refractivity contribution in [3.05, 3.63) is 59.3 Å². The first kappa shape index (κ1) is 15.6. The number of carbonyl (C=O) groups is 2. The fourth-order valence-corrected chi connectivity index (χ4v) is 2.36. The first-order valence-corrected chi connectivity index (χ1v) is 6.72. The molecule has 1 heterocycles. The largest absolute Gasteiger partial charge is 0.508 e. The molecule has 5 heteroatoms. The van der Waals surface area contributed by atoms with Gasteiger partial charge in [-0.3, -0.25) is 4.79 Å². The van der Waals surface area contributed by atoms with Gasteiger partial charge in [0.25, 0.3) is 5.91 Å². The molecule has 0 saturated carbocycles. The highest BCUT2D eigenvalue weighted by Gasteiger charge is 2.36. The van der Waals surface area contributed by atoms with Crippen LogP contribution in [0.25, 0.3) is 6.08 Å². The van der Waals surface area contributed by atoms with Crippen molar-refractivity contribution in [3.63, 3.8) is 0 Å². The summed E-state index contributed by atoms with van der Waals surface area (Å²) in [5, 5.41) is 9.52. The van der Waals surface area contributed by atoms with Crippen LogP contribution in [0.3, 0.4) is 0 Å². The van der Waals surface area contributed by atoms with E-state index in [1.165, 1.54) is 24.1 Å². The van der Waals surface area contributed by atoms with Crippen molar-refractivity contribution >= 4 is 18.0 Å². The molecule has 1 aliphatic rings. The van der Waals surface area contributed by atoms with Crippen LogP contribution in [-0.4, -0.2) is 35.5 Å². The lowest BCUT2D eigenvalue weighted by atomic mass is 10.0. The molecular formula is C17H17NO4. The molecule has 0 aliphatic carbocycles. The minimum absolute atomic E-state index is 0.0862. The van der Waals surface area contributed by atoms with E-state index < -0.39 is 5.97 Å². The van der Waals surface area contributed by atoms with E-state index in [1.807, 2.05) is 0 Å². The molecule has 0 spiro atoms. The Morgan fingerprint density at radius 3 is 2.77 bits per heavy atom. The fraction of sp³-hybridized carbons (Fsp3) is 0.176. The van der Waals surface area contributed by atoms with E-state index in [4.69, 9.17) is 4.74 Å². The summed E-state index contributed by atoms with van der Waals surface area (Å²) in [5.74, 6) is -0.770. The molecule has 1 aromatic carbocycles. The molecular weight excluding hydrogens is 282 g/mol. The molecule has 2 rings (SSSR count). The van der Waals surface area contributed by atoms with Crippen LogP contribution in [0.5, 0.6) is 5.75 Å². The maximum atomic E-state index is 12.5. The minimum Gasteiger partial charge on any atom is -0.508 e. The van der Waals surface area contributed by atoms with Gasteiger partial charge in [0.05, 0.1) is 18.3 Å². The van der Waals surface area contributed by atoms with E-state index in [1.54, 1.807) is 31.2 Å². The van der Waals surface area contributed by atoms with Gasteiger partial charge in [0.1, 0.15) is 5.75 Å². The molecule has 5 nitrogen and oxygen atoms in total. The standard InChI is InChI=1S/C17H17NO4/c1-4-8-18-11(2)15(17(21)22-3)14(16(18)20)10-12-6-5-7-13(19)9-12/h4-7,9-10,19H,1,8H2,2-3H3/b14-10-. The Morgan fingerprint density at radius 2 is 2.18 bits per heavy atom. The van der Waals surface area contributed by atoms with Gasteiger partial charge in [0.15, 0.2) is 0 Å². The Balaban J connectivity index is 2.54. The van der Waals surface area contributed by atoms with Crippen LogP contribution in [0.4, 0.5) is 0 Å². The van der Waals surface area contributed by atoms with Crippen molar-refractivity contribution in [3.8, 4) is 5.75 Å². The Kier molecular flexibility index (Phi) is 4.46. The van der Waals surface area contributed by atoms with Gasteiger partial charge in [-0.2, -0.15) is 0 Å². The normalized spacial score (nSPS) is 16.4. The van der Waals surface area contributed by atoms with Gasteiger partial charge in [-0.15, -0.1) is 6.58 Å². The summed E-state index contributed by atoms with van der Waals surface area (Å²) >= 11 is 0. The van der Waals surface area contributed by atoms with E-state index >= 15 is 0 Å². The number of amides is 1. The van der Waals surface area contributed by atoms with Crippen LogP contribution < -0.4 is 0 Å². The SMILES string of the molecule is C=CCN1C(=O)/C(=C\c2cccc(O)c2)C(C(=O)OC)=C1C. The molecule has 0 atom stereocenters. The molecule has 0 saturated heterocycles. The molecule has 1 N–H and O–H groups in total. The molecule has 1 amide bonds. The Bertz CT molecular complexity index is 700. The monoisotopic (exact) mass is 299 g/mol. The number of esters is 1. The van der Waals surface area contributed by atoms with Gasteiger partial charge in [0, 0.05) is 12.2 Å². The highest BCUT2D eigenvalue weighted by atomic mass is 16.5. The average Bonchev–Trinajstić information content (AvgIpc) is 2.72. The van der Waals surface area contributed by atoms with Gasteiger partial charge >= 0.3 is 5.97 Å². The zero-order chi connectivity index (χ0) is 16.3. The zero-order valence-corrected chi connectivity index (χ0v) is 12.5. The topological polar surface area (TPSA) is 66.8 Å². The van der Waals surface area contributed by atoms with Crippen molar-refractivity contribution < 1.29 is 19.4 Å². The molecule has 22 heavy (non-hydrogen) atoms. The van der Waals surface area contributed by atoms with Gasteiger partial charge in [-0.1, -0.05) is 18.2 Å². The van der Waals surface area contributed by atoms with Crippen LogP contribution in [0, 0.1) is 0 Å². The first-order valence-electron chi connectivity index (χ1n) is 6.72. The number of benzene rings is 1. The van der Waals surface area contributed by atoms with Crippen LogP contribution in [0.1, 0.15) is 12.5 Å². The number of rotatable bonds is 4. The van der Waals surface area contributed by atoms with Crippen molar-refractivity contribution in [1.29, 1.82) is 0 Å². The quantitative estimate of drug-likeness (QED) is 0.526. The number of nitrogens with zero attached hydrogens (tertiary/aromatic N) is 1. The predicted molar refractivity (Wildman–Crippen MR) is 82.7 cm³/mol. The predicted octanol–water partition coefficient (Wildman–Crippen LogP) is 2.25. The van der Waals surface area contributed by atoms with Crippen LogP contribution in [0.15, 0.2) is 53.8 Å². The Morgan fingerprint density at radius 1 is 1.45 bits per heavy atom. The summed E-state index contributed by atoms with van der Waals surface area (Å²) in [7, 11) is 1.27. The lowest BCUT2D eigenvalue weighted by Gasteiger charge is -2.14. The molecule has 1 aliphatic heterocycles. The van der Waals surface area contributed by atoms with E-state index in [2.05, 4.69) is 6.58 Å². The minimum atomic E-state index is -0.566. The number of hydrogen-bond donors (Lipinski definition) is 1. The summed E-state index contributed by atoms with van der Waals surface area (Å²) in [6.07, 6.45) is 3.16. The van der Waals surface area contributed by atoms with Gasteiger partial charge in [-0.25, -0.2) is 4.79 Å². The third-order valence-electron chi connectivity index (χ3n) is 3.39. The summed E-state index contributed by atoms with van der Waals surface area (Å²) in [5.41, 5.74) is 1.63. The summed E-state index contributed by atoms with van der Waals surface area (Å²) < 4.78 is 4.78. The second kappa shape index (κ2) is 6.30. The lowest BCUT2D eigenvalue weighted by Crippen LogP contribution is -2.24. The highest BCUT2D eigenvalue weighted by molar-refractivity contribution is 6.16. The van der Waals surface area contributed by atoms with Crippen molar-refractivity contribution in [2.75, 3.05) is 13.7 Å². The number of ether oxygens (including phenoxy) is 1. The van der Waals surface area contributed by atoms with E-state index in [-0.39, 0.29) is 22.8 Å². The van der Waals surface area contributed by atoms with Crippen LogP contribution in [0.2, 0.25) is 0 Å². The van der Waals surface area contributed by atoms with Crippen molar-refractivity contribution in [2.24, 2.45) is 0 Å². The number of phenolic OH excluding ortho intramolecular Hbond substituents is 1. The average molecular weight is 299 g/mol. The maximum absolute atomic E-state index is 12.5. The highest BCUT2D eigenvalue weighted by Crippen LogP contribution is 2.31. The third-order valence-corrected chi connectivity index (χ3v) is 3.39. The van der Waals surface area contributed by atoms with E-state index in [0.29, 0.717) is 17.8 Å². The van der Waals surface area contributed by atoms with Gasteiger partial charge in [-0.05, 0) is 30.7 Å². The molecule has 0 bridgehead atoms. The van der Waals surface area contributed by atoms with E-state index in [0.717, 1.165) is 0 Å². The number of methoxy groups -OCH3 is 1. The Labute approximate surface area is 128 Å². The second-order valence-electron chi connectivity index (χ2n) is 4.81. The number of hydrogen-bond acceptors (Lipinski definition) is 4. The molecule has 0 unspecified atom stereocenters.